The minimum atomic E-state index is -0.943. The SMILES string of the molecule is C=CN=C1C(=C)OC(C(=O)ON2C(=O)CCC2=O)=C1C. The van der Waals surface area contributed by atoms with Gasteiger partial charge < -0.3 is 9.57 Å². The summed E-state index contributed by atoms with van der Waals surface area (Å²) in [6, 6.07) is 0. The molecular formula is C13H12N2O5. The molecule has 2 rings (SSSR count). The van der Waals surface area contributed by atoms with Gasteiger partial charge in [-0.1, -0.05) is 13.2 Å². The molecule has 1 fully saturated rings. The second-order valence-electron chi connectivity index (χ2n) is 4.10. The average molecular weight is 276 g/mol. The van der Waals surface area contributed by atoms with E-state index in [1.165, 1.54) is 6.20 Å². The van der Waals surface area contributed by atoms with E-state index < -0.39 is 17.8 Å². The summed E-state index contributed by atoms with van der Waals surface area (Å²) in [6.07, 6.45) is 1.34. The molecule has 2 aliphatic heterocycles. The zero-order valence-corrected chi connectivity index (χ0v) is 10.8. The van der Waals surface area contributed by atoms with Crippen LogP contribution in [0.15, 0.2) is 41.4 Å². The van der Waals surface area contributed by atoms with Gasteiger partial charge in [0.25, 0.3) is 11.8 Å². The van der Waals surface area contributed by atoms with Crippen LogP contribution in [0.5, 0.6) is 0 Å². The standard InChI is InChI=1S/C13H12N2O5/c1-4-14-11-7(2)12(19-8(11)3)13(18)20-15-9(16)5-6-10(15)17/h4H,1,3,5-6H2,2H3. The molecule has 2 heterocycles. The van der Waals surface area contributed by atoms with Crippen LogP contribution in [0.4, 0.5) is 0 Å². The summed E-state index contributed by atoms with van der Waals surface area (Å²) in [5.74, 6) is -2.03. The van der Waals surface area contributed by atoms with E-state index in [4.69, 9.17) is 9.57 Å². The number of nitrogens with zero attached hydrogens (tertiary/aromatic N) is 2. The molecule has 0 atom stereocenters. The van der Waals surface area contributed by atoms with E-state index in [2.05, 4.69) is 18.2 Å². The molecule has 7 heteroatoms. The molecule has 0 N–H and O–H groups in total. The van der Waals surface area contributed by atoms with E-state index >= 15 is 0 Å². The van der Waals surface area contributed by atoms with Crippen molar-refractivity contribution >= 4 is 23.5 Å². The Bertz CT molecular complexity index is 584. The average Bonchev–Trinajstić information content (AvgIpc) is 2.86. The Morgan fingerprint density at radius 3 is 2.55 bits per heavy atom. The van der Waals surface area contributed by atoms with Crippen molar-refractivity contribution in [3.8, 4) is 0 Å². The molecule has 0 aromatic carbocycles. The topological polar surface area (TPSA) is 85.3 Å². The number of hydrogen-bond acceptors (Lipinski definition) is 6. The number of ether oxygens (including phenoxy) is 1. The van der Waals surface area contributed by atoms with Gasteiger partial charge in [0.2, 0.25) is 5.76 Å². The fourth-order valence-corrected chi connectivity index (χ4v) is 1.80. The predicted molar refractivity (Wildman–Crippen MR) is 67.7 cm³/mol. The van der Waals surface area contributed by atoms with Crippen LogP contribution in [0.2, 0.25) is 0 Å². The van der Waals surface area contributed by atoms with Crippen LogP contribution < -0.4 is 0 Å². The second-order valence-corrected chi connectivity index (χ2v) is 4.10. The van der Waals surface area contributed by atoms with Crippen molar-refractivity contribution in [3.05, 3.63) is 36.4 Å². The van der Waals surface area contributed by atoms with Gasteiger partial charge in [-0.05, 0) is 6.92 Å². The third-order valence-corrected chi connectivity index (χ3v) is 2.77. The number of aliphatic imine (C=N–C) groups is 1. The Hall–Kier alpha value is -2.70. The van der Waals surface area contributed by atoms with E-state index in [0.29, 0.717) is 16.3 Å². The summed E-state index contributed by atoms with van der Waals surface area (Å²) in [5, 5.41) is 0.456. The third-order valence-electron chi connectivity index (χ3n) is 2.77. The zero-order chi connectivity index (χ0) is 14.9. The molecule has 1 saturated heterocycles. The summed E-state index contributed by atoms with van der Waals surface area (Å²) in [6.45, 7) is 8.63. The molecular weight excluding hydrogens is 264 g/mol. The molecule has 2 aliphatic rings. The molecule has 0 spiro atoms. The van der Waals surface area contributed by atoms with Crippen LogP contribution in [0.25, 0.3) is 0 Å². The Morgan fingerprint density at radius 1 is 1.40 bits per heavy atom. The van der Waals surface area contributed by atoms with Gasteiger partial charge in [0, 0.05) is 24.6 Å². The van der Waals surface area contributed by atoms with Gasteiger partial charge in [0.15, 0.2) is 0 Å². The largest absolute Gasteiger partial charge is 0.448 e. The number of carbonyl (C=O) groups is 3. The van der Waals surface area contributed by atoms with Crippen LogP contribution in [0, 0.1) is 0 Å². The molecule has 0 aliphatic carbocycles. The van der Waals surface area contributed by atoms with Crippen molar-refractivity contribution < 1.29 is 24.0 Å². The summed E-state index contributed by atoms with van der Waals surface area (Å²) in [7, 11) is 0. The van der Waals surface area contributed by atoms with Gasteiger partial charge in [-0.25, -0.2) is 4.79 Å². The highest BCUT2D eigenvalue weighted by molar-refractivity contribution is 6.17. The van der Waals surface area contributed by atoms with Crippen LogP contribution in [-0.4, -0.2) is 28.6 Å². The fourth-order valence-electron chi connectivity index (χ4n) is 1.80. The lowest BCUT2D eigenvalue weighted by molar-refractivity contribution is -0.196. The zero-order valence-electron chi connectivity index (χ0n) is 10.8. The van der Waals surface area contributed by atoms with Crippen molar-refractivity contribution in [2.75, 3.05) is 0 Å². The maximum absolute atomic E-state index is 11.9. The highest BCUT2D eigenvalue weighted by Crippen LogP contribution is 2.26. The summed E-state index contributed by atoms with van der Waals surface area (Å²) < 4.78 is 5.16. The molecule has 20 heavy (non-hydrogen) atoms. The molecule has 0 bridgehead atoms. The van der Waals surface area contributed by atoms with Crippen LogP contribution in [0.1, 0.15) is 19.8 Å². The van der Waals surface area contributed by atoms with Gasteiger partial charge in [-0.2, -0.15) is 0 Å². The number of hydroxylamine groups is 2. The van der Waals surface area contributed by atoms with E-state index in [-0.39, 0.29) is 24.4 Å². The monoisotopic (exact) mass is 276 g/mol. The quantitative estimate of drug-likeness (QED) is 0.718. The minimum absolute atomic E-state index is 0.0287. The van der Waals surface area contributed by atoms with Gasteiger partial charge in [0.1, 0.15) is 11.5 Å². The molecule has 0 aromatic rings. The first kappa shape index (κ1) is 13.7. The number of amides is 2. The van der Waals surface area contributed by atoms with Gasteiger partial charge >= 0.3 is 5.97 Å². The second kappa shape index (κ2) is 5.12. The lowest BCUT2D eigenvalue weighted by Crippen LogP contribution is -2.32. The van der Waals surface area contributed by atoms with Gasteiger partial charge in [0.05, 0.1) is 0 Å². The molecule has 0 radical (unpaired) electrons. The summed E-state index contributed by atoms with van der Waals surface area (Å²) in [4.78, 5) is 43.3. The van der Waals surface area contributed by atoms with Gasteiger partial charge in [-0.3, -0.25) is 14.6 Å². The maximum Gasteiger partial charge on any atom is 0.399 e. The normalized spacial score (nSPS) is 20.8. The van der Waals surface area contributed by atoms with Crippen molar-refractivity contribution in [2.24, 2.45) is 4.99 Å². The predicted octanol–water partition coefficient (Wildman–Crippen LogP) is 0.996. The first-order valence-electron chi connectivity index (χ1n) is 5.81. The minimum Gasteiger partial charge on any atom is -0.448 e. The molecule has 0 saturated carbocycles. The Kier molecular flexibility index (Phi) is 3.51. The summed E-state index contributed by atoms with van der Waals surface area (Å²) in [5.41, 5.74) is 0.769. The lowest BCUT2D eigenvalue weighted by atomic mass is 10.1. The highest BCUT2D eigenvalue weighted by atomic mass is 16.7. The summed E-state index contributed by atoms with van der Waals surface area (Å²) >= 11 is 0. The van der Waals surface area contributed by atoms with E-state index in [0.717, 1.165) is 0 Å². The first-order valence-corrected chi connectivity index (χ1v) is 5.81. The van der Waals surface area contributed by atoms with Crippen molar-refractivity contribution in [3.63, 3.8) is 0 Å². The molecule has 0 unspecified atom stereocenters. The molecule has 7 nitrogen and oxygen atoms in total. The van der Waals surface area contributed by atoms with Crippen LogP contribution >= 0.6 is 0 Å². The lowest BCUT2D eigenvalue weighted by Gasteiger charge is -2.12. The molecule has 104 valence electrons. The van der Waals surface area contributed by atoms with Crippen molar-refractivity contribution in [2.45, 2.75) is 19.8 Å². The first-order chi connectivity index (χ1) is 9.45. The van der Waals surface area contributed by atoms with Crippen LogP contribution in [0.3, 0.4) is 0 Å². The van der Waals surface area contributed by atoms with Crippen molar-refractivity contribution in [1.29, 1.82) is 0 Å². The number of hydrogen-bond donors (Lipinski definition) is 0. The number of rotatable bonds is 3. The maximum atomic E-state index is 11.9. The van der Waals surface area contributed by atoms with E-state index in [9.17, 15) is 14.4 Å². The van der Waals surface area contributed by atoms with Gasteiger partial charge in [-0.15, -0.1) is 5.06 Å². The number of allylic oxidation sites excluding steroid dienone is 1. The smallest absolute Gasteiger partial charge is 0.399 e. The van der Waals surface area contributed by atoms with Crippen molar-refractivity contribution in [1.82, 2.24) is 5.06 Å². The fraction of sp³-hybridized carbons (Fsp3) is 0.231. The number of imide groups is 1. The Labute approximate surface area is 114 Å². The Morgan fingerprint density at radius 2 is 2.00 bits per heavy atom. The van der Waals surface area contributed by atoms with E-state index in [1.54, 1.807) is 6.92 Å². The number of carbonyl (C=O) groups excluding carboxylic acids is 3. The van der Waals surface area contributed by atoms with E-state index in [1.807, 2.05) is 0 Å². The highest BCUT2D eigenvalue weighted by Gasteiger charge is 2.37. The Balaban J connectivity index is 2.20. The van der Waals surface area contributed by atoms with Crippen LogP contribution in [-0.2, 0) is 24.0 Å². The molecule has 0 aromatic heterocycles. The molecule has 2 amide bonds. The third kappa shape index (κ3) is 2.25.